The molecule has 1 amide bonds. The molecule has 0 aromatic heterocycles. The van der Waals surface area contributed by atoms with E-state index in [9.17, 15) is 9.90 Å². The highest BCUT2D eigenvalue weighted by Gasteiger charge is 2.29. The summed E-state index contributed by atoms with van der Waals surface area (Å²) in [7, 11) is 0. The number of benzene rings is 1. The highest BCUT2D eigenvalue weighted by molar-refractivity contribution is 9.10. The molecule has 2 unspecified atom stereocenters. The van der Waals surface area contributed by atoms with Crippen LogP contribution in [0.4, 0.5) is 5.69 Å². The molecule has 2 rings (SSSR count). The smallest absolute Gasteiger partial charge is 0.256 e. The van der Waals surface area contributed by atoms with Crippen molar-refractivity contribution < 1.29 is 14.6 Å². The monoisotopic (exact) mass is 328 g/mol. The predicted molar refractivity (Wildman–Crippen MR) is 75.9 cm³/mol. The summed E-state index contributed by atoms with van der Waals surface area (Å²) in [4.78, 5) is 14.1. The summed E-state index contributed by atoms with van der Waals surface area (Å²) in [6.45, 7) is 2.68. The number of anilines is 1. The van der Waals surface area contributed by atoms with Crippen molar-refractivity contribution in [3.05, 3.63) is 28.2 Å². The number of amides is 1. The molecule has 0 spiro atoms. The van der Waals surface area contributed by atoms with Crippen molar-refractivity contribution in [2.45, 2.75) is 19.1 Å². The maximum atomic E-state index is 12.4. The van der Waals surface area contributed by atoms with Crippen LogP contribution in [0, 0.1) is 0 Å². The Kier molecular flexibility index (Phi) is 4.44. The van der Waals surface area contributed by atoms with E-state index < -0.39 is 0 Å². The van der Waals surface area contributed by atoms with E-state index in [0.29, 0.717) is 24.3 Å². The molecule has 0 saturated carbocycles. The molecule has 1 aliphatic heterocycles. The summed E-state index contributed by atoms with van der Waals surface area (Å²) >= 11 is 3.31. The van der Waals surface area contributed by atoms with Gasteiger partial charge in [0.15, 0.2) is 0 Å². The molecule has 1 aromatic rings. The molecule has 2 atom stereocenters. The number of aliphatic hydroxyl groups is 1. The molecule has 6 heteroatoms. The van der Waals surface area contributed by atoms with E-state index in [1.54, 1.807) is 23.1 Å². The number of ether oxygens (including phenoxy) is 1. The van der Waals surface area contributed by atoms with E-state index in [4.69, 9.17) is 10.5 Å². The van der Waals surface area contributed by atoms with E-state index in [-0.39, 0.29) is 24.7 Å². The van der Waals surface area contributed by atoms with Gasteiger partial charge in [0, 0.05) is 23.2 Å². The Morgan fingerprint density at radius 3 is 2.95 bits per heavy atom. The van der Waals surface area contributed by atoms with Crippen LogP contribution in [-0.4, -0.2) is 47.8 Å². The summed E-state index contributed by atoms with van der Waals surface area (Å²) in [5.41, 5.74) is 6.80. The number of rotatable bonds is 2. The first kappa shape index (κ1) is 14.3. The lowest BCUT2D eigenvalue weighted by Crippen LogP contribution is -2.50. The van der Waals surface area contributed by atoms with Crippen LogP contribution in [0.5, 0.6) is 0 Å². The van der Waals surface area contributed by atoms with Gasteiger partial charge in [0.2, 0.25) is 0 Å². The van der Waals surface area contributed by atoms with Crippen LogP contribution in [0.1, 0.15) is 17.3 Å². The minimum absolute atomic E-state index is 0.0912. The number of nitrogen functional groups attached to an aromatic ring is 1. The largest absolute Gasteiger partial charge is 0.398 e. The van der Waals surface area contributed by atoms with Crippen LogP contribution in [0.15, 0.2) is 22.7 Å². The van der Waals surface area contributed by atoms with E-state index in [1.807, 2.05) is 6.92 Å². The molecule has 3 N–H and O–H groups in total. The zero-order valence-corrected chi connectivity index (χ0v) is 12.3. The van der Waals surface area contributed by atoms with Gasteiger partial charge in [0.25, 0.3) is 5.91 Å². The topological polar surface area (TPSA) is 75.8 Å². The number of hydrogen-bond donors (Lipinski definition) is 2. The molecule has 1 aromatic carbocycles. The van der Waals surface area contributed by atoms with Crippen molar-refractivity contribution in [1.82, 2.24) is 4.90 Å². The third-order valence-corrected chi connectivity index (χ3v) is 3.55. The van der Waals surface area contributed by atoms with E-state index in [2.05, 4.69) is 15.9 Å². The maximum absolute atomic E-state index is 12.4. The standard InChI is InChI=1S/C13H17BrN2O3/c1-8-5-16(6-10(7-17)19-8)13(18)11-3-2-9(14)4-12(11)15/h2-4,8,10,17H,5-7,15H2,1H3. The molecule has 1 saturated heterocycles. The summed E-state index contributed by atoms with van der Waals surface area (Å²) in [6, 6.07) is 5.20. The Bertz CT molecular complexity index is 481. The Labute approximate surface area is 120 Å². The summed E-state index contributed by atoms with van der Waals surface area (Å²) in [5, 5.41) is 9.18. The van der Waals surface area contributed by atoms with E-state index in [0.717, 1.165) is 4.47 Å². The molecule has 5 nitrogen and oxygen atoms in total. The van der Waals surface area contributed by atoms with Gasteiger partial charge in [0.05, 0.1) is 24.4 Å². The predicted octanol–water partition coefficient (Wildman–Crippen LogP) is 1.25. The molecule has 1 fully saturated rings. The fourth-order valence-corrected chi connectivity index (χ4v) is 2.59. The molecule has 1 aliphatic rings. The van der Waals surface area contributed by atoms with Crippen LogP contribution in [0.3, 0.4) is 0 Å². The number of morpholine rings is 1. The summed E-state index contributed by atoms with van der Waals surface area (Å²) < 4.78 is 6.36. The van der Waals surface area contributed by atoms with E-state index in [1.165, 1.54) is 0 Å². The average Bonchev–Trinajstić information content (AvgIpc) is 2.37. The van der Waals surface area contributed by atoms with Gasteiger partial charge in [-0.05, 0) is 25.1 Å². The van der Waals surface area contributed by atoms with Crippen molar-refractivity contribution in [2.75, 3.05) is 25.4 Å². The van der Waals surface area contributed by atoms with Gasteiger partial charge in [-0.2, -0.15) is 0 Å². The first-order chi connectivity index (χ1) is 9.01. The Balaban J connectivity index is 2.18. The summed E-state index contributed by atoms with van der Waals surface area (Å²) in [6.07, 6.45) is -0.420. The van der Waals surface area contributed by atoms with Gasteiger partial charge in [-0.3, -0.25) is 4.79 Å². The summed E-state index contributed by atoms with van der Waals surface area (Å²) in [5.74, 6) is -0.126. The minimum atomic E-state index is -0.329. The normalized spacial score (nSPS) is 23.4. The van der Waals surface area contributed by atoms with E-state index >= 15 is 0 Å². The van der Waals surface area contributed by atoms with Crippen LogP contribution in [0.25, 0.3) is 0 Å². The molecular weight excluding hydrogens is 312 g/mol. The molecular formula is C13H17BrN2O3. The van der Waals surface area contributed by atoms with Gasteiger partial charge in [0.1, 0.15) is 0 Å². The van der Waals surface area contributed by atoms with Crippen molar-refractivity contribution in [2.24, 2.45) is 0 Å². The number of hydrogen-bond acceptors (Lipinski definition) is 4. The number of carbonyl (C=O) groups is 1. The first-order valence-corrected chi connectivity index (χ1v) is 6.91. The second kappa shape index (κ2) is 5.90. The zero-order chi connectivity index (χ0) is 14.0. The second-order valence-corrected chi connectivity index (χ2v) is 5.61. The number of nitrogens with two attached hydrogens (primary N) is 1. The quantitative estimate of drug-likeness (QED) is 0.801. The fourth-order valence-electron chi connectivity index (χ4n) is 2.21. The third kappa shape index (κ3) is 3.26. The zero-order valence-electron chi connectivity index (χ0n) is 10.7. The lowest BCUT2D eigenvalue weighted by Gasteiger charge is -2.36. The molecule has 104 valence electrons. The molecule has 1 heterocycles. The Hall–Kier alpha value is -1.11. The van der Waals surface area contributed by atoms with Gasteiger partial charge in [-0.15, -0.1) is 0 Å². The average molecular weight is 329 g/mol. The van der Waals surface area contributed by atoms with Crippen molar-refractivity contribution in [1.29, 1.82) is 0 Å². The van der Waals surface area contributed by atoms with Crippen LogP contribution in [-0.2, 0) is 4.74 Å². The van der Waals surface area contributed by atoms with Crippen molar-refractivity contribution in [3.63, 3.8) is 0 Å². The molecule has 0 bridgehead atoms. The van der Waals surface area contributed by atoms with Gasteiger partial charge in [-0.1, -0.05) is 15.9 Å². The molecule has 0 radical (unpaired) electrons. The van der Waals surface area contributed by atoms with Gasteiger partial charge < -0.3 is 20.5 Å². The Morgan fingerprint density at radius 1 is 1.58 bits per heavy atom. The first-order valence-electron chi connectivity index (χ1n) is 6.12. The highest BCUT2D eigenvalue weighted by Crippen LogP contribution is 2.22. The number of aliphatic hydroxyl groups excluding tert-OH is 1. The third-order valence-electron chi connectivity index (χ3n) is 3.06. The maximum Gasteiger partial charge on any atom is 0.256 e. The molecule has 0 aliphatic carbocycles. The lowest BCUT2D eigenvalue weighted by atomic mass is 10.1. The van der Waals surface area contributed by atoms with Crippen LogP contribution >= 0.6 is 15.9 Å². The van der Waals surface area contributed by atoms with Crippen LogP contribution in [0.2, 0.25) is 0 Å². The number of carbonyl (C=O) groups excluding carboxylic acids is 1. The number of halogens is 1. The van der Waals surface area contributed by atoms with Gasteiger partial charge >= 0.3 is 0 Å². The molecule has 19 heavy (non-hydrogen) atoms. The van der Waals surface area contributed by atoms with Crippen molar-refractivity contribution >= 4 is 27.5 Å². The lowest BCUT2D eigenvalue weighted by molar-refractivity contribution is -0.0858. The van der Waals surface area contributed by atoms with Crippen molar-refractivity contribution in [3.8, 4) is 0 Å². The second-order valence-electron chi connectivity index (χ2n) is 4.69. The van der Waals surface area contributed by atoms with Crippen LogP contribution < -0.4 is 5.73 Å². The highest BCUT2D eigenvalue weighted by atomic mass is 79.9. The minimum Gasteiger partial charge on any atom is -0.398 e. The fraction of sp³-hybridized carbons (Fsp3) is 0.462. The SMILES string of the molecule is CC1CN(C(=O)c2ccc(Br)cc2N)CC(CO)O1. The Morgan fingerprint density at radius 2 is 2.32 bits per heavy atom. The van der Waals surface area contributed by atoms with Gasteiger partial charge in [-0.25, -0.2) is 0 Å². The number of nitrogens with zero attached hydrogens (tertiary/aromatic N) is 1.